The van der Waals surface area contributed by atoms with Gasteiger partial charge in [0.25, 0.3) is 0 Å². The minimum Gasteiger partial charge on any atom is -0.462 e. The lowest BCUT2D eigenvalue weighted by Gasteiger charge is -2.35. The molecule has 1 aliphatic rings. The Hall–Kier alpha value is -1.40. The van der Waals surface area contributed by atoms with Crippen molar-refractivity contribution >= 4 is 5.97 Å². The maximum atomic E-state index is 11.9. The van der Waals surface area contributed by atoms with Crippen molar-refractivity contribution in [3.8, 4) is 0 Å². The first-order chi connectivity index (χ1) is 9.51. The molecule has 0 N–H and O–H groups in total. The maximum absolute atomic E-state index is 11.9. The highest BCUT2D eigenvalue weighted by atomic mass is 16.5. The summed E-state index contributed by atoms with van der Waals surface area (Å²) < 4.78 is 12.6. The summed E-state index contributed by atoms with van der Waals surface area (Å²) in [6.45, 7) is 8.71. The van der Waals surface area contributed by atoms with E-state index < -0.39 is 0 Å². The molecule has 1 aromatic rings. The second-order valence-corrected chi connectivity index (χ2v) is 5.30. The van der Waals surface area contributed by atoms with Crippen LogP contribution in [0.4, 0.5) is 0 Å². The van der Waals surface area contributed by atoms with Gasteiger partial charge in [0.15, 0.2) is 0 Å². The quantitative estimate of drug-likeness (QED) is 0.776. The number of nitrogens with zero attached hydrogens (tertiary/aromatic N) is 3. The van der Waals surface area contributed by atoms with E-state index in [9.17, 15) is 4.79 Å². The molecule has 0 aromatic carbocycles. The zero-order valence-electron chi connectivity index (χ0n) is 12.6. The molecular formula is C14H23N3O3. The lowest BCUT2D eigenvalue weighted by atomic mass is 10.2. The van der Waals surface area contributed by atoms with Crippen molar-refractivity contribution in [2.24, 2.45) is 7.05 Å². The van der Waals surface area contributed by atoms with Crippen LogP contribution in [0.15, 0.2) is 6.20 Å². The zero-order chi connectivity index (χ0) is 14.7. The number of carbonyl (C=O) groups excluding carboxylic acids is 1. The topological polar surface area (TPSA) is 56.6 Å². The second kappa shape index (κ2) is 6.37. The average Bonchev–Trinajstić information content (AvgIpc) is 2.70. The van der Waals surface area contributed by atoms with Gasteiger partial charge in [-0.25, -0.2) is 4.79 Å². The lowest BCUT2D eigenvalue weighted by Crippen LogP contribution is -2.45. The summed E-state index contributed by atoms with van der Waals surface area (Å²) in [5.74, 6) is -0.301. The Balaban J connectivity index is 2.12. The van der Waals surface area contributed by atoms with Crippen LogP contribution in [-0.2, 0) is 23.1 Å². The van der Waals surface area contributed by atoms with E-state index >= 15 is 0 Å². The lowest BCUT2D eigenvalue weighted by molar-refractivity contribution is -0.0710. The first kappa shape index (κ1) is 15.0. The maximum Gasteiger partial charge on any atom is 0.341 e. The molecule has 2 rings (SSSR count). The van der Waals surface area contributed by atoms with Gasteiger partial charge in [0.2, 0.25) is 0 Å². The summed E-state index contributed by atoms with van der Waals surface area (Å²) >= 11 is 0. The third kappa shape index (κ3) is 3.37. The summed E-state index contributed by atoms with van der Waals surface area (Å²) in [7, 11) is 1.85. The predicted molar refractivity (Wildman–Crippen MR) is 74.5 cm³/mol. The zero-order valence-corrected chi connectivity index (χ0v) is 12.6. The molecule has 1 aromatic heterocycles. The smallest absolute Gasteiger partial charge is 0.341 e. The summed E-state index contributed by atoms with van der Waals surface area (Å²) in [4.78, 5) is 14.2. The Morgan fingerprint density at radius 3 is 2.70 bits per heavy atom. The van der Waals surface area contributed by atoms with Crippen LogP contribution >= 0.6 is 0 Å². The van der Waals surface area contributed by atoms with Gasteiger partial charge in [-0.1, -0.05) is 0 Å². The molecule has 1 fully saturated rings. The summed E-state index contributed by atoms with van der Waals surface area (Å²) in [6, 6.07) is 0. The molecule has 2 heterocycles. The van der Waals surface area contributed by atoms with Crippen molar-refractivity contribution in [2.75, 3.05) is 19.7 Å². The first-order valence-electron chi connectivity index (χ1n) is 7.07. The number of aromatic nitrogens is 2. The molecule has 1 aliphatic heterocycles. The van der Waals surface area contributed by atoms with Gasteiger partial charge in [0.1, 0.15) is 5.56 Å². The van der Waals surface area contributed by atoms with Crippen LogP contribution in [-0.4, -0.2) is 52.6 Å². The Kier molecular flexibility index (Phi) is 4.77. The number of esters is 1. The van der Waals surface area contributed by atoms with E-state index in [1.54, 1.807) is 17.8 Å². The van der Waals surface area contributed by atoms with Gasteiger partial charge in [-0.2, -0.15) is 5.10 Å². The van der Waals surface area contributed by atoms with Crippen molar-refractivity contribution in [1.82, 2.24) is 14.7 Å². The third-order valence-electron chi connectivity index (χ3n) is 3.43. The number of rotatable bonds is 4. The molecule has 0 spiro atoms. The van der Waals surface area contributed by atoms with E-state index in [0.29, 0.717) is 18.7 Å². The molecule has 0 radical (unpaired) electrons. The first-order valence-corrected chi connectivity index (χ1v) is 7.07. The fraction of sp³-hybridized carbons (Fsp3) is 0.714. The van der Waals surface area contributed by atoms with Crippen molar-refractivity contribution in [2.45, 2.75) is 39.5 Å². The Morgan fingerprint density at radius 2 is 2.10 bits per heavy atom. The number of morpholine rings is 1. The van der Waals surface area contributed by atoms with Crippen LogP contribution in [0.5, 0.6) is 0 Å². The van der Waals surface area contributed by atoms with E-state index in [-0.39, 0.29) is 18.2 Å². The predicted octanol–water partition coefficient (Wildman–Crippen LogP) is 1.21. The number of carbonyl (C=O) groups is 1. The SMILES string of the molecule is CCOC(=O)c1cnn(C)c1CN1CC(C)OC(C)C1. The monoisotopic (exact) mass is 281 g/mol. The summed E-state index contributed by atoms with van der Waals surface area (Å²) in [6.07, 6.45) is 2.00. The Labute approximate surface area is 119 Å². The Bertz CT molecular complexity index is 462. The van der Waals surface area contributed by atoms with Gasteiger partial charge in [-0.15, -0.1) is 0 Å². The van der Waals surface area contributed by atoms with E-state index in [1.807, 2.05) is 7.05 Å². The molecule has 2 atom stereocenters. The van der Waals surface area contributed by atoms with E-state index in [2.05, 4.69) is 23.8 Å². The van der Waals surface area contributed by atoms with Crippen molar-refractivity contribution in [3.63, 3.8) is 0 Å². The third-order valence-corrected chi connectivity index (χ3v) is 3.43. The Morgan fingerprint density at radius 1 is 1.45 bits per heavy atom. The van der Waals surface area contributed by atoms with E-state index in [1.165, 1.54) is 0 Å². The van der Waals surface area contributed by atoms with Gasteiger partial charge in [0, 0.05) is 26.7 Å². The molecule has 6 nitrogen and oxygen atoms in total. The van der Waals surface area contributed by atoms with Crippen molar-refractivity contribution in [1.29, 1.82) is 0 Å². The molecule has 1 saturated heterocycles. The highest BCUT2D eigenvalue weighted by Crippen LogP contribution is 2.17. The molecule has 20 heavy (non-hydrogen) atoms. The highest BCUT2D eigenvalue weighted by molar-refractivity contribution is 5.90. The van der Waals surface area contributed by atoms with Crippen LogP contribution < -0.4 is 0 Å². The summed E-state index contributed by atoms with van der Waals surface area (Å²) in [5, 5.41) is 4.18. The van der Waals surface area contributed by atoms with Crippen LogP contribution in [0.2, 0.25) is 0 Å². The largest absolute Gasteiger partial charge is 0.462 e. The molecule has 0 amide bonds. The molecule has 2 unspecified atom stereocenters. The minimum absolute atomic E-state index is 0.207. The molecule has 0 saturated carbocycles. The van der Waals surface area contributed by atoms with Crippen LogP contribution in [0.1, 0.15) is 36.8 Å². The number of hydrogen-bond donors (Lipinski definition) is 0. The van der Waals surface area contributed by atoms with Crippen LogP contribution in [0, 0.1) is 0 Å². The molecule has 6 heteroatoms. The van der Waals surface area contributed by atoms with Gasteiger partial charge in [-0.3, -0.25) is 9.58 Å². The standard InChI is InChI=1S/C14H23N3O3/c1-5-19-14(18)12-6-15-16(4)13(12)9-17-7-10(2)20-11(3)8-17/h6,10-11H,5,7-9H2,1-4H3. The van der Waals surface area contributed by atoms with E-state index in [0.717, 1.165) is 18.8 Å². The number of aryl methyl sites for hydroxylation is 1. The van der Waals surface area contributed by atoms with Crippen LogP contribution in [0.3, 0.4) is 0 Å². The minimum atomic E-state index is -0.301. The molecule has 0 aliphatic carbocycles. The van der Waals surface area contributed by atoms with Gasteiger partial charge < -0.3 is 9.47 Å². The van der Waals surface area contributed by atoms with Gasteiger partial charge in [0.05, 0.1) is 30.7 Å². The molecular weight excluding hydrogens is 258 g/mol. The van der Waals surface area contributed by atoms with Crippen LogP contribution in [0.25, 0.3) is 0 Å². The molecule has 0 bridgehead atoms. The number of ether oxygens (including phenoxy) is 2. The average molecular weight is 281 g/mol. The van der Waals surface area contributed by atoms with Gasteiger partial charge in [-0.05, 0) is 20.8 Å². The van der Waals surface area contributed by atoms with E-state index in [4.69, 9.17) is 9.47 Å². The fourth-order valence-electron chi connectivity index (χ4n) is 2.66. The molecule has 112 valence electrons. The second-order valence-electron chi connectivity index (χ2n) is 5.30. The number of hydrogen-bond acceptors (Lipinski definition) is 5. The summed E-state index contributed by atoms with van der Waals surface area (Å²) in [5.41, 5.74) is 1.45. The fourth-order valence-corrected chi connectivity index (χ4v) is 2.66. The normalized spacial score (nSPS) is 23.8. The highest BCUT2D eigenvalue weighted by Gasteiger charge is 2.25. The van der Waals surface area contributed by atoms with Crippen molar-refractivity contribution < 1.29 is 14.3 Å². The van der Waals surface area contributed by atoms with Crippen molar-refractivity contribution in [3.05, 3.63) is 17.5 Å². The van der Waals surface area contributed by atoms with Gasteiger partial charge >= 0.3 is 5.97 Å².